The summed E-state index contributed by atoms with van der Waals surface area (Å²) in [6, 6.07) is 0. The second-order valence-corrected chi connectivity index (χ2v) is 1.02. The zero-order chi connectivity index (χ0) is 10.1. The molecule has 0 aliphatic carbocycles. The third kappa shape index (κ3) is 32.4. The Balaban J connectivity index is -0.0000000424. The van der Waals surface area contributed by atoms with E-state index in [4.69, 9.17) is 15.1 Å². The fraction of sp³-hybridized carbons (Fsp3) is 0. The smallest absolute Gasteiger partial charge is 0.907 e. The summed E-state index contributed by atoms with van der Waals surface area (Å²) in [4.78, 5) is 23.4. The Labute approximate surface area is 260 Å². The van der Waals surface area contributed by atoms with Crippen LogP contribution in [0.25, 0.3) is 0 Å². The summed E-state index contributed by atoms with van der Waals surface area (Å²) in [6.07, 6.45) is 0. The molecule has 7 nitrogen and oxygen atoms in total. The quantitative estimate of drug-likeness (QED) is 0.205. The Hall–Kier alpha value is 4.90. The molecule has 13 heteroatoms. The fourth-order valence-electron chi connectivity index (χ4n) is 0.0630. The Morgan fingerprint density at radius 3 is 1.07 bits per heavy atom. The van der Waals surface area contributed by atoms with E-state index < -0.39 is 19.3 Å². The second-order valence-electron chi connectivity index (χ2n) is 1.02. The van der Waals surface area contributed by atoms with Gasteiger partial charge in [-0.05, 0) is 0 Å². The number of carbonyl (C=O) groups excluding carboxylic acids is 2. The summed E-state index contributed by atoms with van der Waals surface area (Å²) in [7, 11) is -2.92. The van der Waals surface area contributed by atoms with Gasteiger partial charge in [-0.1, -0.05) is 0 Å². The summed E-state index contributed by atoms with van der Waals surface area (Å²) in [5.41, 5.74) is 0. The van der Waals surface area contributed by atoms with Crippen LogP contribution >= 0.6 is 0 Å². The van der Waals surface area contributed by atoms with E-state index in [9.17, 15) is 18.6 Å². The van der Waals surface area contributed by atoms with Crippen molar-refractivity contribution in [2.75, 3.05) is 0 Å². The molecule has 0 aliphatic heterocycles. The van der Waals surface area contributed by atoms with Gasteiger partial charge in [0.1, 0.15) is 0 Å². The van der Waals surface area contributed by atoms with Crippen molar-refractivity contribution in [3.05, 3.63) is 0 Å². The third-order valence-corrected chi connectivity index (χ3v) is 0.307. The van der Waals surface area contributed by atoms with Crippen molar-refractivity contribution in [2.24, 2.45) is 0 Å². The number of rotatable bonds is 0. The van der Waals surface area contributed by atoms with E-state index >= 15 is 0 Å². The van der Waals surface area contributed by atoms with Crippen molar-refractivity contribution in [3.8, 4) is 0 Å². The predicted octanol–water partition coefficient (Wildman–Crippen LogP) is -13.1. The van der Waals surface area contributed by atoms with E-state index in [1.165, 1.54) is 0 Å². The van der Waals surface area contributed by atoms with Gasteiger partial charge in [0.2, 0.25) is 0 Å². The molecule has 0 aromatic rings. The van der Waals surface area contributed by atoms with Crippen molar-refractivity contribution in [1.82, 2.24) is 0 Å². The van der Waals surface area contributed by atoms with Crippen LogP contribution in [0.2, 0.25) is 0 Å². The minimum atomic E-state index is -2.92. The number of hydrogen-bond acceptors (Lipinski definition) is 7. The van der Waals surface area contributed by atoms with Crippen molar-refractivity contribution >= 4 is 19.3 Å². The SMILES string of the molecule is O=C(OF)C(=O)OF.[Cs+].[Cs+].[Cs+].[O-]B([O-])[O-]. The molecule has 70 valence electrons. The summed E-state index contributed by atoms with van der Waals surface area (Å²) in [5, 5.41) is 25.2. The minimum absolute atomic E-state index is 0. The summed E-state index contributed by atoms with van der Waals surface area (Å²) in [6.45, 7) is 0. The van der Waals surface area contributed by atoms with E-state index in [-0.39, 0.29) is 207 Å². The van der Waals surface area contributed by atoms with Crippen LogP contribution in [0.5, 0.6) is 0 Å². The van der Waals surface area contributed by atoms with Gasteiger partial charge < -0.3 is 15.1 Å². The van der Waals surface area contributed by atoms with Gasteiger partial charge in [-0.25, -0.2) is 19.5 Å². The molecule has 0 saturated heterocycles. The van der Waals surface area contributed by atoms with Crippen LogP contribution in [0.1, 0.15) is 0 Å². The van der Waals surface area contributed by atoms with Gasteiger partial charge in [0.05, 0.1) is 0 Å². The maximum absolute atomic E-state index is 10.5. The van der Waals surface area contributed by atoms with E-state index in [1.807, 2.05) is 0 Å². The Kier molecular flexibility index (Phi) is 51.1. The van der Waals surface area contributed by atoms with E-state index in [0.29, 0.717) is 0 Å². The minimum Gasteiger partial charge on any atom is -0.907 e. The zero-order valence-electron chi connectivity index (χ0n) is 8.19. The third-order valence-electron chi connectivity index (χ3n) is 0.307. The first-order valence-electron chi connectivity index (χ1n) is 2.08. The maximum Gasteiger partial charge on any atom is 1.00 e. The molecular weight excluding hydrogens is 584 g/mol. The molecule has 0 rings (SSSR count). The first-order valence-corrected chi connectivity index (χ1v) is 2.08. The van der Waals surface area contributed by atoms with E-state index in [1.54, 1.807) is 0 Å². The van der Waals surface area contributed by atoms with Crippen molar-refractivity contribution in [3.63, 3.8) is 0 Å². The molecule has 0 aromatic carbocycles. The van der Waals surface area contributed by atoms with Gasteiger partial charge in [-0.2, -0.15) is 0 Å². The predicted molar refractivity (Wildman–Crippen MR) is 20.2 cm³/mol. The Bertz CT molecular complexity index is 142. The standard InChI is InChI=1S/C2F2O4.BO3.3Cs/c3-7-1(5)2(6)8-4;2-1(3)4;;;/q;-3;3*+1. The van der Waals surface area contributed by atoms with Gasteiger partial charge >= 0.3 is 219 Å². The molecule has 0 N–H and O–H groups in total. The van der Waals surface area contributed by atoms with Gasteiger partial charge in [0.25, 0.3) is 0 Å². The maximum atomic E-state index is 10.5. The average Bonchev–Trinajstić information content (AvgIpc) is 2.00. The molecule has 15 heavy (non-hydrogen) atoms. The summed E-state index contributed by atoms with van der Waals surface area (Å²) >= 11 is 0. The molecule has 0 radical (unpaired) electrons. The Morgan fingerprint density at radius 1 is 0.867 bits per heavy atom. The van der Waals surface area contributed by atoms with Crippen molar-refractivity contribution in [1.29, 1.82) is 0 Å². The van der Waals surface area contributed by atoms with Crippen LogP contribution in [-0.4, -0.2) is 19.3 Å². The van der Waals surface area contributed by atoms with Crippen LogP contribution in [0.4, 0.5) is 9.05 Å². The zero-order valence-corrected chi connectivity index (χ0v) is 27.0. The van der Waals surface area contributed by atoms with E-state index in [2.05, 4.69) is 9.88 Å². The molecule has 0 fully saturated rings. The number of carbonyl (C=O) groups is 2. The van der Waals surface area contributed by atoms with E-state index in [0.717, 1.165) is 0 Å². The molecule has 0 aliphatic rings. The normalized spacial score (nSPS) is 5.93. The van der Waals surface area contributed by atoms with Crippen molar-refractivity contribution in [2.45, 2.75) is 0 Å². The molecule has 0 unspecified atom stereocenters. The van der Waals surface area contributed by atoms with Crippen LogP contribution < -0.4 is 222 Å². The monoisotopic (exact) mass is 584 g/mol. The molecule has 0 heterocycles. The second kappa shape index (κ2) is 24.0. The van der Waals surface area contributed by atoms with Crippen LogP contribution in [0.15, 0.2) is 0 Å². The average molecular weight is 584 g/mol. The molecule has 0 bridgehead atoms. The molecule has 0 saturated carbocycles. The first-order chi connectivity index (χ1) is 5.45. The summed E-state index contributed by atoms with van der Waals surface area (Å²) in [5.74, 6) is -4.04. The van der Waals surface area contributed by atoms with Crippen LogP contribution in [0.3, 0.4) is 0 Å². The van der Waals surface area contributed by atoms with Gasteiger partial charge in [-0.3, -0.25) is 7.32 Å². The molecule has 0 amide bonds. The molecule has 0 aromatic heterocycles. The largest absolute Gasteiger partial charge is 1.00 e. The van der Waals surface area contributed by atoms with Crippen molar-refractivity contribution < 1.29 is 250 Å². The summed E-state index contributed by atoms with van der Waals surface area (Å²) < 4.78 is 21.0. The number of halogens is 2. The molecule has 0 spiro atoms. The molecular formula is C2BCs3F2O7. The van der Waals surface area contributed by atoms with Gasteiger partial charge in [0.15, 0.2) is 0 Å². The number of hydrogen-bond donors (Lipinski definition) is 0. The Morgan fingerprint density at radius 2 is 1.00 bits per heavy atom. The fourth-order valence-corrected chi connectivity index (χ4v) is 0.0630. The van der Waals surface area contributed by atoms with Crippen LogP contribution in [-0.2, 0) is 19.5 Å². The first kappa shape index (κ1) is 32.0. The molecule has 0 atom stereocenters. The van der Waals surface area contributed by atoms with Gasteiger partial charge in [-0.15, -0.1) is 0 Å². The topological polar surface area (TPSA) is 122 Å². The van der Waals surface area contributed by atoms with Crippen LogP contribution in [0, 0.1) is 0 Å². The van der Waals surface area contributed by atoms with Gasteiger partial charge in [0, 0.05) is 9.05 Å².